The van der Waals surface area contributed by atoms with Gasteiger partial charge in [-0.1, -0.05) is 52.0 Å². The summed E-state index contributed by atoms with van der Waals surface area (Å²) < 4.78 is 0. The first kappa shape index (κ1) is 17.2. The van der Waals surface area contributed by atoms with E-state index >= 15 is 0 Å². The van der Waals surface area contributed by atoms with E-state index in [4.69, 9.17) is 0 Å². The smallest absolute Gasteiger partial charge is 0.0667 e. The highest BCUT2D eigenvalue weighted by atomic mass is 16.3. The van der Waals surface area contributed by atoms with Crippen LogP contribution >= 0.6 is 0 Å². The molecule has 0 spiro atoms. The number of hydrogen-bond acceptors (Lipinski definition) is 2. The Morgan fingerprint density at radius 1 is 1.00 bits per heavy atom. The van der Waals surface area contributed by atoms with Crippen molar-refractivity contribution in [2.24, 2.45) is 11.8 Å². The van der Waals surface area contributed by atoms with E-state index in [2.05, 4.69) is 64.2 Å². The number of aliphatic hydroxyl groups is 1. The highest BCUT2D eigenvalue weighted by molar-refractivity contribution is 5.28. The first-order valence-electron chi connectivity index (χ1n) is 7.87. The molecular formula is C18H31NO. The molecule has 0 aromatic heterocycles. The maximum Gasteiger partial charge on any atom is 0.0667 e. The molecule has 0 bridgehead atoms. The molecule has 0 aliphatic rings. The van der Waals surface area contributed by atoms with E-state index < -0.39 is 0 Å². The van der Waals surface area contributed by atoms with Gasteiger partial charge >= 0.3 is 0 Å². The third-order valence-electron chi connectivity index (χ3n) is 3.61. The lowest BCUT2D eigenvalue weighted by molar-refractivity contribution is 0.141. The Labute approximate surface area is 124 Å². The van der Waals surface area contributed by atoms with Crippen LogP contribution in [-0.4, -0.2) is 17.8 Å². The molecule has 1 aromatic rings. The summed E-state index contributed by atoms with van der Waals surface area (Å²) in [7, 11) is 0. The van der Waals surface area contributed by atoms with Gasteiger partial charge in [0, 0.05) is 12.6 Å². The van der Waals surface area contributed by atoms with Gasteiger partial charge in [0.25, 0.3) is 0 Å². The largest absolute Gasteiger partial charge is 0.392 e. The van der Waals surface area contributed by atoms with Gasteiger partial charge in [-0.2, -0.15) is 0 Å². The molecule has 0 aliphatic heterocycles. The van der Waals surface area contributed by atoms with Crippen molar-refractivity contribution in [2.75, 3.05) is 6.54 Å². The molecule has 2 atom stereocenters. The van der Waals surface area contributed by atoms with E-state index in [-0.39, 0.29) is 6.10 Å². The minimum atomic E-state index is -0.256. The fraction of sp³-hybridized carbons (Fsp3) is 0.667. The van der Waals surface area contributed by atoms with Gasteiger partial charge in [-0.3, -0.25) is 0 Å². The minimum absolute atomic E-state index is 0.256. The Morgan fingerprint density at radius 3 is 2.15 bits per heavy atom. The summed E-state index contributed by atoms with van der Waals surface area (Å²) in [6.07, 6.45) is 1.70. The monoisotopic (exact) mass is 277 g/mol. The topological polar surface area (TPSA) is 32.3 Å². The summed E-state index contributed by atoms with van der Waals surface area (Å²) in [5.41, 5.74) is 2.68. The summed E-state index contributed by atoms with van der Waals surface area (Å²) in [6.45, 7) is 11.6. The molecule has 2 unspecified atom stereocenters. The third-order valence-corrected chi connectivity index (χ3v) is 3.61. The molecule has 20 heavy (non-hydrogen) atoms. The van der Waals surface area contributed by atoms with Gasteiger partial charge in [-0.15, -0.1) is 0 Å². The fourth-order valence-corrected chi connectivity index (χ4v) is 2.68. The van der Waals surface area contributed by atoms with E-state index in [0.29, 0.717) is 24.4 Å². The van der Waals surface area contributed by atoms with Crippen LogP contribution < -0.4 is 5.32 Å². The summed E-state index contributed by atoms with van der Waals surface area (Å²) in [5.74, 6) is 1.17. The zero-order chi connectivity index (χ0) is 15.1. The van der Waals surface area contributed by atoms with Crippen molar-refractivity contribution in [3.8, 4) is 0 Å². The van der Waals surface area contributed by atoms with Gasteiger partial charge in [0.1, 0.15) is 0 Å². The van der Waals surface area contributed by atoms with E-state index in [1.54, 1.807) is 0 Å². The van der Waals surface area contributed by atoms with Crippen LogP contribution in [0.15, 0.2) is 24.3 Å². The van der Waals surface area contributed by atoms with Crippen LogP contribution in [-0.2, 0) is 0 Å². The Morgan fingerprint density at radius 2 is 1.60 bits per heavy atom. The molecular weight excluding hydrogens is 246 g/mol. The Hall–Kier alpha value is -0.860. The number of benzene rings is 1. The van der Waals surface area contributed by atoms with Crippen molar-refractivity contribution in [3.63, 3.8) is 0 Å². The fourth-order valence-electron chi connectivity index (χ4n) is 2.68. The first-order valence-corrected chi connectivity index (χ1v) is 7.87. The van der Waals surface area contributed by atoms with Crippen LogP contribution in [0.5, 0.6) is 0 Å². The average Bonchev–Trinajstić information content (AvgIpc) is 2.34. The summed E-state index contributed by atoms with van der Waals surface area (Å²) in [5, 5.41) is 13.6. The predicted octanol–water partition coefficient (Wildman–Crippen LogP) is 4.08. The van der Waals surface area contributed by atoms with Gasteiger partial charge in [-0.25, -0.2) is 0 Å². The van der Waals surface area contributed by atoms with Gasteiger partial charge < -0.3 is 10.4 Å². The first-order chi connectivity index (χ1) is 9.40. The molecule has 0 heterocycles. The van der Waals surface area contributed by atoms with Crippen LogP contribution in [0.25, 0.3) is 0 Å². The predicted molar refractivity (Wildman–Crippen MR) is 86.8 cm³/mol. The third kappa shape index (κ3) is 6.06. The molecule has 0 aliphatic carbocycles. The van der Waals surface area contributed by atoms with Crippen LogP contribution in [0.4, 0.5) is 0 Å². The second-order valence-corrected chi connectivity index (χ2v) is 6.73. The maximum absolute atomic E-state index is 10.1. The lowest BCUT2D eigenvalue weighted by atomic mass is 9.93. The van der Waals surface area contributed by atoms with Crippen molar-refractivity contribution in [3.05, 3.63) is 35.4 Å². The number of hydrogen-bond donors (Lipinski definition) is 2. The summed E-state index contributed by atoms with van der Waals surface area (Å²) in [6, 6.07) is 8.87. The molecule has 114 valence electrons. The standard InChI is InChI=1S/C18H31NO/c1-13(2)10-16(20)12-19-18(11-14(3)4)17-9-7-6-8-15(17)5/h6-9,13-14,16,18-20H,10-12H2,1-5H3. The Bertz CT molecular complexity index is 387. The van der Waals surface area contributed by atoms with E-state index in [1.165, 1.54) is 11.1 Å². The lowest BCUT2D eigenvalue weighted by Crippen LogP contribution is -2.32. The number of rotatable bonds is 8. The number of aryl methyl sites for hydroxylation is 1. The van der Waals surface area contributed by atoms with Gasteiger partial charge in [-0.05, 0) is 42.7 Å². The molecule has 1 aromatic carbocycles. The minimum Gasteiger partial charge on any atom is -0.392 e. The highest BCUT2D eigenvalue weighted by Crippen LogP contribution is 2.24. The van der Waals surface area contributed by atoms with E-state index in [1.807, 2.05) is 0 Å². The SMILES string of the molecule is Cc1ccccc1C(CC(C)C)NCC(O)CC(C)C. The molecule has 2 N–H and O–H groups in total. The normalized spacial score (nSPS) is 14.8. The van der Waals surface area contributed by atoms with Crippen LogP contribution in [0, 0.1) is 18.8 Å². The van der Waals surface area contributed by atoms with Crippen molar-refractivity contribution < 1.29 is 5.11 Å². The second kappa shape index (κ2) is 8.43. The maximum atomic E-state index is 10.1. The quantitative estimate of drug-likeness (QED) is 0.750. The van der Waals surface area contributed by atoms with E-state index in [9.17, 15) is 5.11 Å². The van der Waals surface area contributed by atoms with E-state index in [0.717, 1.165) is 12.8 Å². The number of aliphatic hydroxyl groups excluding tert-OH is 1. The Balaban J connectivity index is 2.68. The van der Waals surface area contributed by atoms with Crippen LogP contribution in [0.1, 0.15) is 57.7 Å². The average molecular weight is 277 g/mol. The zero-order valence-corrected chi connectivity index (χ0v) is 13.7. The molecule has 2 nitrogen and oxygen atoms in total. The lowest BCUT2D eigenvalue weighted by Gasteiger charge is -2.25. The molecule has 1 rings (SSSR count). The van der Waals surface area contributed by atoms with Crippen LogP contribution in [0.2, 0.25) is 0 Å². The molecule has 0 amide bonds. The van der Waals surface area contributed by atoms with Crippen LogP contribution in [0.3, 0.4) is 0 Å². The molecule has 0 saturated carbocycles. The molecule has 0 radical (unpaired) electrons. The Kier molecular flexibility index (Phi) is 7.25. The van der Waals surface area contributed by atoms with Gasteiger partial charge in [0.15, 0.2) is 0 Å². The van der Waals surface area contributed by atoms with Gasteiger partial charge in [0.2, 0.25) is 0 Å². The molecule has 0 fully saturated rings. The van der Waals surface area contributed by atoms with Crippen molar-refractivity contribution >= 4 is 0 Å². The second-order valence-electron chi connectivity index (χ2n) is 6.73. The molecule has 0 saturated heterocycles. The van der Waals surface area contributed by atoms with Crippen molar-refractivity contribution in [1.29, 1.82) is 0 Å². The van der Waals surface area contributed by atoms with Crippen molar-refractivity contribution in [1.82, 2.24) is 5.32 Å². The van der Waals surface area contributed by atoms with Crippen molar-refractivity contribution in [2.45, 2.75) is 59.6 Å². The van der Waals surface area contributed by atoms with Gasteiger partial charge in [0.05, 0.1) is 6.10 Å². The number of nitrogens with one attached hydrogen (secondary N) is 1. The summed E-state index contributed by atoms with van der Waals surface area (Å²) in [4.78, 5) is 0. The molecule has 2 heteroatoms. The zero-order valence-electron chi connectivity index (χ0n) is 13.7. The highest BCUT2D eigenvalue weighted by Gasteiger charge is 2.16. The summed E-state index contributed by atoms with van der Waals surface area (Å²) >= 11 is 0.